The summed E-state index contributed by atoms with van der Waals surface area (Å²) in [4.78, 5) is 10.3. The number of hydrogen-bond acceptors (Lipinski definition) is 2. The van der Waals surface area contributed by atoms with Gasteiger partial charge in [0.05, 0.1) is 0 Å². The zero-order valence-corrected chi connectivity index (χ0v) is 9.00. The molecule has 0 aromatic heterocycles. The summed E-state index contributed by atoms with van der Waals surface area (Å²) in [5, 5.41) is 17.9. The summed E-state index contributed by atoms with van der Waals surface area (Å²) in [5.74, 6) is -6.59. The summed E-state index contributed by atoms with van der Waals surface area (Å²) in [6, 6.07) is 3.86. The molecule has 0 heterocycles. The number of alkyl halides is 2. The van der Waals surface area contributed by atoms with E-state index < -0.39 is 18.0 Å². The molecule has 6 heteroatoms. The lowest BCUT2D eigenvalue weighted by Gasteiger charge is -2.20. The number of aliphatic carboxylic acids is 1. The molecule has 1 aromatic carbocycles. The van der Waals surface area contributed by atoms with Gasteiger partial charge in [-0.05, 0) is 30.2 Å². The molecule has 16 heavy (non-hydrogen) atoms. The minimum atomic E-state index is -4.22. The first-order valence-corrected chi connectivity index (χ1v) is 4.70. The van der Waals surface area contributed by atoms with Gasteiger partial charge < -0.3 is 10.2 Å². The van der Waals surface area contributed by atoms with Crippen LogP contribution in [-0.4, -0.2) is 22.1 Å². The molecular weight excluding hydrogens is 242 g/mol. The molecule has 0 fully saturated rings. The van der Waals surface area contributed by atoms with Gasteiger partial charge in [0.2, 0.25) is 0 Å². The highest BCUT2D eigenvalue weighted by atomic mass is 35.5. The van der Waals surface area contributed by atoms with Crippen LogP contribution in [0.1, 0.15) is 17.2 Å². The monoisotopic (exact) mass is 250 g/mol. The molecule has 0 radical (unpaired) electrons. The van der Waals surface area contributed by atoms with Gasteiger partial charge in [-0.2, -0.15) is 8.78 Å². The van der Waals surface area contributed by atoms with Crippen molar-refractivity contribution in [3.05, 3.63) is 34.3 Å². The fourth-order valence-electron chi connectivity index (χ4n) is 1.26. The number of rotatable bonds is 3. The highest BCUT2D eigenvalue weighted by molar-refractivity contribution is 6.30. The van der Waals surface area contributed by atoms with E-state index in [4.69, 9.17) is 16.7 Å². The van der Waals surface area contributed by atoms with Crippen molar-refractivity contribution < 1.29 is 23.8 Å². The number of carboxylic acids is 1. The summed E-state index contributed by atoms with van der Waals surface area (Å²) in [7, 11) is 0. The van der Waals surface area contributed by atoms with Gasteiger partial charge in [0.15, 0.2) is 6.10 Å². The molecule has 0 aliphatic rings. The second kappa shape index (κ2) is 4.35. The van der Waals surface area contributed by atoms with Gasteiger partial charge in [-0.1, -0.05) is 17.7 Å². The van der Waals surface area contributed by atoms with E-state index in [1.807, 2.05) is 0 Å². The van der Waals surface area contributed by atoms with Gasteiger partial charge in [-0.25, -0.2) is 4.79 Å². The molecule has 88 valence electrons. The van der Waals surface area contributed by atoms with Crippen molar-refractivity contribution in [3.8, 4) is 0 Å². The molecule has 0 saturated heterocycles. The van der Waals surface area contributed by atoms with Crippen LogP contribution in [0.25, 0.3) is 0 Å². The van der Waals surface area contributed by atoms with Crippen molar-refractivity contribution >= 4 is 17.6 Å². The van der Waals surface area contributed by atoms with E-state index in [-0.39, 0.29) is 5.56 Å². The summed E-state index contributed by atoms with van der Waals surface area (Å²) in [5.41, 5.74) is 0.151. The van der Waals surface area contributed by atoms with Crippen LogP contribution in [0, 0.1) is 6.92 Å². The highest BCUT2D eigenvalue weighted by Crippen LogP contribution is 2.33. The van der Waals surface area contributed by atoms with E-state index in [1.54, 1.807) is 0 Å². The van der Waals surface area contributed by atoms with Crippen LogP contribution >= 0.6 is 11.6 Å². The van der Waals surface area contributed by atoms with Gasteiger partial charge in [0, 0.05) is 5.02 Å². The van der Waals surface area contributed by atoms with Crippen LogP contribution in [0.2, 0.25) is 5.02 Å². The predicted octanol–water partition coefficient (Wildman–Crippen LogP) is 2.40. The molecule has 3 nitrogen and oxygen atoms in total. The predicted molar refractivity (Wildman–Crippen MR) is 53.7 cm³/mol. The Kier molecular flexibility index (Phi) is 3.50. The highest BCUT2D eigenvalue weighted by Gasteiger charge is 2.48. The topological polar surface area (TPSA) is 57.5 Å². The first kappa shape index (κ1) is 12.9. The van der Waals surface area contributed by atoms with Crippen LogP contribution in [-0.2, 0) is 4.79 Å². The molecule has 0 aliphatic carbocycles. The second-order valence-corrected chi connectivity index (χ2v) is 3.77. The molecule has 1 atom stereocenters. The summed E-state index contributed by atoms with van der Waals surface area (Å²) < 4.78 is 26.0. The van der Waals surface area contributed by atoms with Crippen molar-refractivity contribution in [2.24, 2.45) is 0 Å². The van der Waals surface area contributed by atoms with Crippen molar-refractivity contribution in [2.75, 3.05) is 0 Å². The largest absolute Gasteiger partial charge is 0.477 e. The number of halogens is 3. The number of carboxylic acid groups (broad SMARTS) is 1. The van der Waals surface area contributed by atoms with E-state index in [9.17, 15) is 18.7 Å². The Morgan fingerprint density at radius 3 is 2.50 bits per heavy atom. The van der Waals surface area contributed by atoms with Crippen LogP contribution in [0.4, 0.5) is 8.78 Å². The molecule has 2 N–H and O–H groups in total. The molecular formula is C10H9ClF2O3. The molecule has 0 bridgehead atoms. The maximum atomic E-state index is 13.0. The number of benzene rings is 1. The average molecular weight is 251 g/mol. The maximum absolute atomic E-state index is 13.0. The van der Waals surface area contributed by atoms with Crippen LogP contribution in [0.3, 0.4) is 0 Å². The minimum absolute atomic E-state index is 0.156. The maximum Gasteiger partial charge on any atom is 0.377 e. The van der Waals surface area contributed by atoms with E-state index in [0.29, 0.717) is 10.6 Å². The second-order valence-electron chi connectivity index (χ2n) is 3.33. The molecule has 0 aliphatic heterocycles. The van der Waals surface area contributed by atoms with E-state index in [1.165, 1.54) is 25.1 Å². The normalized spacial score (nSPS) is 13.6. The van der Waals surface area contributed by atoms with E-state index in [2.05, 4.69) is 0 Å². The Bertz CT molecular complexity index is 421. The summed E-state index contributed by atoms with van der Waals surface area (Å²) in [6.07, 6.45) is -2.39. The number of carbonyl (C=O) groups is 1. The van der Waals surface area contributed by atoms with Crippen LogP contribution in [0.15, 0.2) is 18.2 Å². The van der Waals surface area contributed by atoms with Gasteiger partial charge in [0.25, 0.3) is 0 Å². The van der Waals surface area contributed by atoms with Gasteiger partial charge in [0.1, 0.15) is 0 Å². The number of aryl methyl sites for hydroxylation is 1. The van der Waals surface area contributed by atoms with Crippen LogP contribution in [0.5, 0.6) is 0 Å². The summed E-state index contributed by atoms with van der Waals surface area (Å²) >= 11 is 5.61. The van der Waals surface area contributed by atoms with Crippen molar-refractivity contribution in [1.29, 1.82) is 0 Å². The molecule has 0 saturated carbocycles. The third-order valence-corrected chi connectivity index (χ3v) is 2.39. The number of aliphatic hydroxyl groups excluding tert-OH is 1. The van der Waals surface area contributed by atoms with E-state index in [0.717, 1.165) is 0 Å². The smallest absolute Gasteiger partial charge is 0.377 e. The third-order valence-electron chi connectivity index (χ3n) is 2.15. The van der Waals surface area contributed by atoms with Gasteiger partial charge in [-0.3, -0.25) is 0 Å². The van der Waals surface area contributed by atoms with Gasteiger partial charge in [-0.15, -0.1) is 0 Å². The molecule has 1 rings (SSSR count). The molecule has 0 spiro atoms. The SMILES string of the molecule is Cc1cc(Cl)ccc1C(O)C(F)(F)C(=O)O. The zero-order valence-electron chi connectivity index (χ0n) is 8.25. The standard InChI is InChI=1S/C10H9ClF2O3/c1-5-4-6(11)2-3-7(5)8(14)10(12,13)9(15)16/h2-4,8,14H,1H3,(H,15,16). The Hall–Kier alpha value is -1.20. The quantitative estimate of drug-likeness (QED) is 0.866. The first-order valence-electron chi connectivity index (χ1n) is 4.32. The molecule has 1 unspecified atom stereocenters. The van der Waals surface area contributed by atoms with E-state index >= 15 is 0 Å². The Morgan fingerprint density at radius 2 is 2.06 bits per heavy atom. The lowest BCUT2D eigenvalue weighted by atomic mass is 9.99. The Labute approximate surface area is 95.3 Å². The molecule has 1 aromatic rings. The zero-order chi connectivity index (χ0) is 12.5. The Balaban J connectivity index is 3.14. The van der Waals surface area contributed by atoms with Crippen molar-refractivity contribution in [1.82, 2.24) is 0 Å². The lowest BCUT2D eigenvalue weighted by molar-refractivity contribution is -0.182. The van der Waals surface area contributed by atoms with Crippen molar-refractivity contribution in [2.45, 2.75) is 19.0 Å². The average Bonchev–Trinajstić information content (AvgIpc) is 2.16. The molecule has 0 amide bonds. The minimum Gasteiger partial charge on any atom is -0.477 e. The van der Waals surface area contributed by atoms with Crippen LogP contribution < -0.4 is 0 Å². The number of aliphatic hydroxyl groups is 1. The first-order chi connectivity index (χ1) is 7.26. The van der Waals surface area contributed by atoms with Gasteiger partial charge >= 0.3 is 11.9 Å². The third kappa shape index (κ3) is 2.31. The summed E-state index contributed by atoms with van der Waals surface area (Å²) in [6.45, 7) is 1.46. The van der Waals surface area contributed by atoms with Crippen molar-refractivity contribution in [3.63, 3.8) is 0 Å². The lowest BCUT2D eigenvalue weighted by Crippen LogP contribution is -2.35. The number of hydrogen-bond donors (Lipinski definition) is 2. The fraction of sp³-hybridized carbons (Fsp3) is 0.300. The fourth-order valence-corrected chi connectivity index (χ4v) is 1.48. The Morgan fingerprint density at radius 1 is 1.50 bits per heavy atom.